The normalized spacial score (nSPS) is 10.2. The fraction of sp³-hybridized carbons (Fsp3) is 0. The fourth-order valence-corrected chi connectivity index (χ4v) is 2.12. The van der Waals surface area contributed by atoms with Gasteiger partial charge in [0.25, 0.3) is 11.6 Å². The van der Waals surface area contributed by atoms with E-state index < -0.39 is 16.6 Å². The number of benzene rings is 2. The number of nitro benzene ring substituents is 1. The van der Waals surface area contributed by atoms with Gasteiger partial charge in [-0.1, -0.05) is 27.5 Å². The van der Waals surface area contributed by atoms with Gasteiger partial charge >= 0.3 is 0 Å². The van der Waals surface area contributed by atoms with E-state index in [0.717, 1.165) is 12.1 Å². The topological polar surface area (TPSA) is 72.2 Å². The van der Waals surface area contributed by atoms with Gasteiger partial charge in [0.05, 0.1) is 10.5 Å². The lowest BCUT2D eigenvalue weighted by atomic mass is 10.2. The van der Waals surface area contributed by atoms with Gasteiger partial charge in [-0.15, -0.1) is 0 Å². The largest absolute Gasteiger partial charge is 0.316 e. The molecule has 0 atom stereocenters. The minimum Gasteiger partial charge on any atom is -0.316 e. The molecule has 2 aromatic rings. The summed E-state index contributed by atoms with van der Waals surface area (Å²) >= 11 is 8.75. The highest BCUT2D eigenvalue weighted by Crippen LogP contribution is 2.28. The molecule has 0 radical (unpaired) electrons. The van der Waals surface area contributed by atoms with Crippen LogP contribution in [0.2, 0.25) is 5.02 Å². The molecule has 5 nitrogen and oxygen atoms in total. The minimum atomic E-state index is -0.787. The third-order valence-corrected chi connectivity index (χ3v) is 3.31. The van der Waals surface area contributed by atoms with Crippen molar-refractivity contribution in [3.05, 3.63) is 67.4 Å². The van der Waals surface area contributed by atoms with Crippen molar-refractivity contribution in [2.45, 2.75) is 0 Å². The van der Waals surface area contributed by atoms with Crippen LogP contribution in [-0.4, -0.2) is 10.8 Å². The molecule has 2 rings (SSSR count). The van der Waals surface area contributed by atoms with Gasteiger partial charge in [-0.2, -0.15) is 0 Å². The molecule has 21 heavy (non-hydrogen) atoms. The Morgan fingerprint density at radius 1 is 1.29 bits per heavy atom. The van der Waals surface area contributed by atoms with Crippen molar-refractivity contribution in [3.63, 3.8) is 0 Å². The second-order valence-electron chi connectivity index (χ2n) is 4.00. The van der Waals surface area contributed by atoms with E-state index in [-0.39, 0.29) is 22.0 Å². The Kier molecular flexibility index (Phi) is 4.54. The average Bonchev–Trinajstić information content (AvgIpc) is 2.40. The summed E-state index contributed by atoms with van der Waals surface area (Å²) in [5, 5.41) is 13.4. The zero-order chi connectivity index (χ0) is 15.6. The van der Waals surface area contributed by atoms with Crippen molar-refractivity contribution in [2.75, 3.05) is 5.32 Å². The SMILES string of the molecule is O=C(Nc1ccc(Cl)cc1[N+](=O)[O-])c1ccc(Br)cc1F. The average molecular weight is 374 g/mol. The number of nitrogens with zero attached hydrogens (tertiary/aromatic N) is 1. The standard InChI is InChI=1S/C13H7BrClFN2O3/c14-7-1-3-9(10(16)5-7)13(19)17-11-4-2-8(15)6-12(11)18(20)21/h1-6H,(H,17,19). The van der Waals surface area contributed by atoms with E-state index >= 15 is 0 Å². The number of carbonyl (C=O) groups excluding carboxylic acids is 1. The van der Waals surface area contributed by atoms with Crippen molar-refractivity contribution in [2.24, 2.45) is 0 Å². The summed E-state index contributed by atoms with van der Waals surface area (Å²) in [5.74, 6) is -1.52. The fourth-order valence-electron chi connectivity index (χ4n) is 1.62. The van der Waals surface area contributed by atoms with Gasteiger partial charge in [0.15, 0.2) is 0 Å². The van der Waals surface area contributed by atoms with E-state index in [2.05, 4.69) is 21.2 Å². The van der Waals surface area contributed by atoms with Gasteiger partial charge in [0.1, 0.15) is 11.5 Å². The number of hydrogen-bond donors (Lipinski definition) is 1. The van der Waals surface area contributed by atoms with Crippen LogP contribution in [0.4, 0.5) is 15.8 Å². The first-order chi connectivity index (χ1) is 9.88. The number of halogens is 3. The van der Waals surface area contributed by atoms with Crippen LogP contribution in [0.15, 0.2) is 40.9 Å². The molecular weight excluding hydrogens is 367 g/mol. The van der Waals surface area contributed by atoms with Crippen LogP contribution in [0, 0.1) is 15.9 Å². The van der Waals surface area contributed by atoms with Crippen molar-refractivity contribution in [1.29, 1.82) is 0 Å². The van der Waals surface area contributed by atoms with Crippen LogP contribution in [0.3, 0.4) is 0 Å². The van der Waals surface area contributed by atoms with E-state index in [9.17, 15) is 19.3 Å². The quantitative estimate of drug-likeness (QED) is 0.640. The molecule has 0 heterocycles. The molecule has 0 saturated heterocycles. The van der Waals surface area contributed by atoms with E-state index in [0.29, 0.717) is 4.47 Å². The van der Waals surface area contributed by atoms with Crippen LogP contribution in [-0.2, 0) is 0 Å². The Bertz CT molecular complexity index is 739. The maximum atomic E-state index is 13.7. The third-order valence-electron chi connectivity index (χ3n) is 2.58. The number of nitro groups is 1. The summed E-state index contributed by atoms with van der Waals surface area (Å²) < 4.78 is 14.2. The van der Waals surface area contributed by atoms with Crippen molar-refractivity contribution < 1.29 is 14.1 Å². The molecule has 8 heteroatoms. The lowest BCUT2D eigenvalue weighted by Gasteiger charge is -2.07. The summed E-state index contributed by atoms with van der Waals surface area (Å²) in [7, 11) is 0. The van der Waals surface area contributed by atoms with Gasteiger partial charge < -0.3 is 5.32 Å². The summed E-state index contributed by atoms with van der Waals surface area (Å²) in [6.07, 6.45) is 0. The number of carbonyl (C=O) groups is 1. The first-order valence-electron chi connectivity index (χ1n) is 5.59. The summed E-state index contributed by atoms with van der Waals surface area (Å²) in [4.78, 5) is 22.2. The van der Waals surface area contributed by atoms with Crippen LogP contribution < -0.4 is 5.32 Å². The first kappa shape index (κ1) is 15.4. The number of anilines is 1. The van der Waals surface area contributed by atoms with E-state index in [1.54, 1.807) is 0 Å². The number of hydrogen-bond acceptors (Lipinski definition) is 3. The monoisotopic (exact) mass is 372 g/mol. The predicted octanol–water partition coefficient (Wildman–Crippen LogP) is 4.40. The Balaban J connectivity index is 2.34. The minimum absolute atomic E-state index is 0.0586. The lowest BCUT2D eigenvalue weighted by Crippen LogP contribution is -2.14. The summed E-state index contributed by atoms with van der Waals surface area (Å²) in [5.41, 5.74) is -0.646. The van der Waals surface area contributed by atoms with Crippen LogP contribution in [0.25, 0.3) is 0 Å². The molecule has 0 spiro atoms. The molecule has 2 aromatic carbocycles. The Morgan fingerprint density at radius 2 is 2.00 bits per heavy atom. The maximum absolute atomic E-state index is 13.7. The Hall–Kier alpha value is -1.99. The Labute approximate surface area is 132 Å². The third kappa shape index (κ3) is 3.56. The van der Waals surface area contributed by atoms with Gasteiger partial charge in [0.2, 0.25) is 0 Å². The second kappa shape index (κ2) is 6.19. The lowest BCUT2D eigenvalue weighted by molar-refractivity contribution is -0.383. The maximum Gasteiger partial charge on any atom is 0.294 e. The smallest absolute Gasteiger partial charge is 0.294 e. The summed E-state index contributed by atoms with van der Waals surface area (Å²) in [6.45, 7) is 0. The van der Waals surface area contributed by atoms with Crippen LogP contribution in [0.1, 0.15) is 10.4 Å². The van der Waals surface area contributed by atoms with Crippen molar-refractivity contribution in [3.8, 4) is 0 Å². The predicted molar refractivity (Wildman–Crippen MR) is 80.2 cm³/mol. The van der Waals surface area contributed by atoms with Gasteiger partial charge in [0, 0.05) is 15.6 Å². The first-order valence-corrected chi connectivity index (χ1v) is 6.76. The molecule has 0 saturated carbocycles. The second-order valence-corrected chi connectivity index (χ2v) is 5.35. The Morgan fingerprint density at radius 3 is 2.62 bits per heavy atom. The van der Waals surface area contributed by atoms with Gasteiger partial charge in [-0.25, -0.2) is 4.39 Å². The number of rotatable bonds is 3. The molecule has 0 aromatic heterocycles. The highest BCUT2D eigenvalue weighted by atomic mass is 79.9. The van der Waals surface area contributed by atoms with E-state index in [1.165, 1.54) is 24.3 Å². The molecule has 0 unspecified atom stereocenters. The molecule has 108 valence electrons. The van der Waals surface area contributed by atoms with Crippen LogP contribution >= 0.6 is 27.5 Å². The van der Waals surface area contributed by atoms with E-state index in [4.69, 9.17) is 11.6 Å². The highest BCUT2D eigenvalue weighted by Gasteiger charge is 2.19. The molecule has 0 aliphatic heterocycles. The molecular formula is C13H7BrClFN2O3. The zero-order valence-corrected chi connectivity index (χ0v) is 12.6. The zero-order valence-electron chi connectivity index (χ0n) is 10.3. The van der Waals surface area contributed by atoms with Gasteiger partial charge in [-0.3, -0.25) is 14.9 Å². The van der Waals surface area contributed by atoms with Crippen molar-refractivity contribution >= 4 is 44.8 Å². The molecule has 0 fully saturated rings. The molecule has 1 N–H and O–H groups in total. The highest BCUT2D eigenvalue weighted by molar-refractivity contribution is 9.10. The molecule has 0 aliphatic carbocycles. The van der Waals surface area contributed by atoms with E-state index in [1.807, 2.05) is 0 Å². The molecule has 1 amide bonds. The number of nitrogens with one attached hydrogen (secondary N) is 1. The molecule has 0 bridgehead atoms. The number of amides is 1. The van der Waals surface area contributed by atoms with Gasteiger partial charge in [-0.05, 0) is 30.3 Å². The summed E-state index contributed by atoms with van der Waals surface area (Å²) in [6, 6.07) is 7.68. The molecule has 0 aliphatic rings. The van der Waals surface area contributed by atoms with Crippen LogP contribution in [0.5, 0.6) is 0 Å². The van der Waals surface area contributed by atoms with Crippen molar-refractivity contribution in [1.82, 2.24) is 0 Å².